The van der Waals surface area contributed by atoms with E-state index in [9.17, 15) is 30.6 Å². The second-order valence-corrected chi connectivity index (χ2v) is 25.1. The van der Waals surface area contributed by atoms with E-state index in [4.69, 9.17) is 24.2 Å². The van der Waals surface area contributed by atoms with E-state index in [-0.39, 0.29) is 73.8 Å². The maximum Gasteiger partial charge on any atom is 0.246 e. The van der Waals surface area contributed by atoms with E-state index in [0.717, 1.165) is 62.2 Å². The number of aromatic nitrogens is 2. The van der Waals surface area contributed by atoms with Gasteiger partial charge in [0.2, 0.25) is 23.6 Å². The number of fused-ring (bicyclic) bond motifs is 4. The standard InChI is InChI=1S/C71H77FN14O5/c1-6-63(87)85-35-33-84(39-51(85)22-27-73)68-54-25-32-82(60-20-10-18-50-16-8-14-48(3)66(50)60)42-58(54)78-70(56(68)38-76)91-62-44-80(43-61(62)89-5)30-11-21-64(88)86-36-34-83(40-52(86)23-28-74)67-53-24-31-81(59-19-9-17-49-15-7-13-47(2)65(49)59)41-57(53)77-69(55(67)37-75)90-46-71(72)26-12-29-79(4)45-71/h6-11,13-21,51-52,61-62H,1,12,22-26,29-36,39-46H2,2-5H3/b21-11+/t51-,52-,61+,62?,71-/m0/s1. The molecule has 2 aromatic heterocycles. The molecule has 0 N–H and O–H groups in total. The van der Waals surface area contributed by atoms with Crippen molar-refractivity contribution in [1.82, 2.24) is 29.6 Å². The Balaban J connectivity index is 0.776. The minimum atomic E-state index is -1.62. The Morgan fingerprint density at radius 1 is 0.681 bits per heavy atom. The van der Waals surface area contributed by atoms with Crippen LogP contribution in [0.1, 0.15) is 70.5 Å². The third-order valence-corrected chi connectivity index (χ3v) is 19.3. The zero-order valence-corrected chi connectivity index (χ0v) is 52.4. The van der Waals surface area contributed by atoms with E-state index in [1.54, 1.807) is 23.0 Å². The number of pyridine rings is 2. The van der Waals surface area contributed by atoms with Crippen LogP contribution < -0.4 is 29.1 Å². The van der Waals surface area contributed by atoms with E-state index < -0.39 is 30.0 Å². The van der Waals surface area contributed by atoms with E-state index in [2.05, 4.69) is 142 Å². The first kappa shape index (κ1) is 61.9. The summed E-state index contributed by atoms with van der Waals surface area (Å²) in [4.78, 5) is 54.1. The number of amides is 2. The Hall–Kier alpha value is -9.31. The number of nitriles is 4. The van der Waals surface area contributed by atoms with Crippen LogP contribution in [0.4, 0.5) is 27.1 Å². The number of ether oxygens (including phenoxy) is 3. The van der Waals surface area contributed by atoms with Gasteiger partial charge in [0.15, 0.2) is 5.67 Å². The summed E-state index contributed by atoms with van der Waals surface area (Å²) in [7, 11) is 3.53. The molecule has 5 atom stereocenters. The van der Waals surface area contributed by atoms with Gasteiger partial charge in [-0.2, -0.15) is 21.0 Å². The number of hydrogen-bond acceptors (Lipinski definition) is 17. The molecule has 6 aromatic rings. The number of nitrogens with zero attached hydrogens (tertiary/aromatic N) is 14. The lowest BCUT2D eigenvalue weighted by Gasteiger charge is -2.43. The molecule has 4 aromatic carbocycles. The topological polar surface area (TPSA) is 209 Å². The number of methoxy groups -OCH3 is 1. The Morgan fingerprint density at radius 3 is 1.74 bits per heavy atom. The molecule has 0 spiro atoms. The van der Waals surface area contributed by atoms with Gasteiger partial charge in [0.05, 0.1) is 72.9 Å². The molecule has 0 saturated carbocycles. The largest absolute Gasteiger partial charge is 0.473 e. The Morgan fingerprint density at radius 2 is 1.21 bits per heavy atom. The summed E-state index contributed by atoms with van der Waals surface area (Å²) >= 11 is 0. The number of halogens is 1. The highest BCUT2D eigenvalue weighted by Gasteiger charge is 2.41. The van der Waals surface area contributed by atoms with Crippen molar-refractivity contribution in [3.8, 4) is 36.0 Å². The molecular formula is C71H77FN14O5. The highest BCUT2D eigenvalue weighted by atomic mass is 19.1. The number of alkyl halides is 1. The SMILES string of the molecule is C=CC(=O)N1CCN(c2c(C#N)c(OC3CN(C/C=C/C(=O)N4CCN(c5c(C#N)c(OC[C@]6(F)CCCN(C)C6)nc6c5CCN(c5cccc7cccc(C)c57)C6)C[C@@H]4CC#N)C[C@H]3OC)nc3c2CCN(c2cccc4cccc(C)c24)C3)C[C@@H]1CC#N. The number of anilines is 4. The molecule has 6 aliphatic rings. The summed E-state index contributed by atoms with van der Waals surface area (Å²) in [6.45, 7) is 14.2. The smallest absolute Gasteiger partial charge is 0.246 e. The molecule has 0 bridgehead atoms. The summed E-state index contributed by atoms with van der Waals surface area (Å²) in [5.74, 6) is -0.206. The van der Waals surface area contributed by atoms with Gasteiger partial charge in [-0.1, -0.05) is 73.3 Å². The number of carbonyl (C=O) groups excluding carboxylic acids is 2. The summed E-state index contributed by atoms with van der Waals surface area (Å²) in [5.41, 5.74) is 8.15. The molecule has 1 unspecified atom stereocenters. The molecule has 4 fully saturated rings. The van der Waals surface area contributed by atoms with Crippen molar-refractivity contribution >= 4 is 56.1 Å². The third-order valence-electron chi connectivity index (χ3n) is 19.3. The second-order valence-electron chi connectivity index (χ2n) is 25.1. The number of piperazine rings is 2. The number of benzene rings is 4. The molecule has 4 saturated heterocycles. The summed E-state index contributed by atoms with van der Waals surface area (Å²) in [6, 6.07) is 33.8. The average molecular weight is 1230 g/mol. The highest BCUT2D eigenvalue weighted by molar-refractivity contribution is 5.98. The molecule has 2 amide bonds. The van der Waals surface area contributed by atoms with Crippen LogP contribution in [-0.4, -0.2) is 177 Å². The van der Waals surface area contributed by atoms with E-state index in [0.29, 0.717) is 109 Å². The molecule has 20 heteroatoms. The number of aryl methyl sites for hydroxylation is 2. The second kappa shape index (κ2) is 26.6. The van der Waals surface area contributed by atoms with Crippen LogP contribution >= 0.6 is 0 Å². The number of piperidine rings is 1. The fourth-order valence-corrected chi connectivity index (χ4v) is 15.0. The van der Waals surface area contributed by atoms with Crippen LogP contribution in [0.5, 0.6) is 11.8 Å². The number of rotatable bonds is 16. The van der Waals surface area contributed by atoms with Crippen LogP contribution in [0, 0.1) is 59.2 Å². The third kappa shape index (κ3) is 12.4. The van der Waals surface area contributed by atoms with Gasteiger partial charge in [0, 0.05) is 125 Å². The zero-order valence-electron chi connectivity index (χ0n) is 52.4. The van der Waals surface area contributed by atoms with Gasteiger partial charge in [0.1, 0.15) is 42.1 Å². The van der Waals surface area contributed by atoms with Gasteiger partial charge in [-0.15, -0.1) is 0 Å². The van der Waals surface area contributed by atoms with Crippen molar-refractivity contribution in [3.63, 3.8) is 0 Å². The first-order chi connectivity index (χ1) is 44.2. The van der Waals surface area contributed by atoms with Crippen LogP contribution in [0.2, 0.25) is 0 Å². The maximum absolute atomic E-state index is 16.4. The number of hydrogen-bond donors (Lipinski definition) is 0. The predicted molar refractivity (Wildman–Crippen MR) is 348 cm³/mol. The maximum atomic E-state index is 16.4. The predicted octanol–water partition coefficient (Wildman–Crippen LogP) is 8.46. The quantitative estimate of drug-likeness (QED) is 0.0833. The van der Waals surface area contributed by atoms with Crippen molar-refractivity contribution in [2.45, 2.75) is 95.4 Å². The Bertz CT molecular complexity index is 4010. The van der Waals surface area contributed by atoms with Crippen molar-refractivity contribution < 1.29 is 28.2 Å². The van der Waals surface area contributed by atoms with Crippen molar-refractivity contribution in [2.24, 2.45) is 0 Å². The lowest BCUT2D eigenvalue weighted by Crippen LogP contribution is -2.55. The first-order valence-corrected chi connectivity index (χ1v) is 31.7. The van der Waals surface area contributed by atoms with Gasteiger partial charge in [-0.05, 0) is 93.2 Å². The summed E-state index contributed by atoms with van der Waals surface area (Å²) in [6.07, 6.45) is 6.05. The van der Waals surface area contributed by atoms with Gasteiger partial charge < -0.3 is 48.5 Å². The van der Waals surface area contributed by atoms with Crippen LogP contribution in [0.3, 0.4) is 0 Å². The van der Waals surface area contributed by atoms with Gasteiger partial charge in [-0.3, -0.25) is 14.5 Å². The lowest BCUT2D eigenvalue weighted by atomic mass is 9.95. The van der Waals surface area contributed by atoms with E-state index >= 15 is 4.39 Å². The van der Waals surface area contributed by atoms with Crippen LogP contribution in [-0.2, 0) is 40.3 Å². The molecular weight excluding hydrogens is 1150 g/mol. The highest BCUT2D eigenvalue weighted by Crippen LogP contribution is 2.43. The van der Waals surface area contributed by atoms with Crippen LogP contribution in [0.25, 0.3) is 21.5 Å². The van der Waals surface area contributed by atoms with Gasteiger partial charge >= 0.3 is 0 Å². The Labute approximate surface area is 531 Å². The summed E-state index contributed by atoms with van der Waals surface area (Å²) in [5, 5.41) is 47.0. The van der Waals surface area contributed by atoms with Gasteiger partial charge in [0.25, 0.3) is 0 Å². The van der Waals surface area contributed by atoms with E-state index in [1.807, 2.05) is 18.0 Å². The van der Waals surface area contributed by atoms with Crippen molar-refractivity contribution in [3.05, 3.63) is 142 Å². The molecule has 91 heavy (non-hydrogen) atoms. The minimum Gasteiger partial charge on any atom is -0.473 e. The molecule has 12 rings (SSSR count). The minimum absolute atomic E-state index is 0.0526. The molecule has 0 aliphatic carbocycles. The summed E-state index contributed by atoms with van der Waals surface area (Å²) < 4.78 is 35.8. The fraction of sp³-hybridized carbons (Fsp3) is 0.437. The molecule has 8 heterocycles. The molecule has 468 valence electrons. The first-order valence-electron chi connectivity index (χ1n) is 31.7. The number of carbonyl (C=O) groups is 2. The van der Waals surface area contributed by atoms with Gasteiger partial charge in [-0.25, -0.2) is 14.4 Å². The normalized spacial score (nSPS) is 22.1. The zero-order chi connectivity index (χ0) is 63.5. The fourth-order valence-electron chi connectivity index (χ4n) is 15.0. The number of likely N-dealkylation sites (tertiary alicyclic amines) is 2. The molecule has 0 radical (unpaired) electrons. The monoisotopic (exact) mass is 1220 g/mol. The molecule has 19 nitrogen and oxygen atoms in total. The van der Waals surface area contributed by atoms with Crippen molar-refractivity contribution in [2.75, 3.05) is 125 Å². The van der Waals surface area contributed by atoms with E-state index in [1.165, 1.54) is 17.0 Å². The van der Waals surface area contributed by atoms with Crippen LogP contribution in [0.15, 0.2) is 97.6 Å². The Kier molecular flexibility index (Phi) is 18.1. The lowest BCUT2D eigenvalue weighted by molar-refractivity contribution is -0.129. The molecule has 6 aliphatic heterocycles. The van der Waals surface area contributed by atoms with Crippen molar-refractivity contribution in [1.29, 1.82) is 21.0 Å². The average Bonchev–Trinajstić information content (AvgIpc) is 0.849.